The summed E-state index contributed by atoms with van der Waals surface area (Å²) in [6.07, 6.45) is 1.25. The minimum absolute atomic E-state index is 0.129. The Morgan fingerprint density at radius 3 is 2.50 bits per heavy atom. The van der Waals surface area contributed by atoms with Crippen molar-refractivity contribution >= 4 is 5.69 Å². The molecule has 1 aromatic rings. The second kappa shape index (κ2) is 9.70. The lowest BCUT2D eigenvalue weighted by molar-refractivity contribution is 0.242. The van der Waals surface area contributed by atoms with Gasteiger partial charge in [-0.3, -0.25) is 0 Å². The van der Waals surface area contributed by atoms with Crippen molar-refractivity contribution in [3.8, 4) is 5.75 Å². The smallest absolute Gasteiger partial charge is 0.143 e. The first kappa shape index (κ1) is 18.8. The van der Waals surface area contributed by atoms with E-state index < -0.39 is 0 Å². The van der Waals surface area contributed by atoms with Gasteiger partial charge in [0.05, 0.1) is 18.4 Å². The maximum Gasteiger partial charge on any atom is 0.143 e. The van der Waals surface area contributed by atoms with Gasteiger partial charge in [-0.25, -0.2) is 0 Å². The summed E-state index contributed by atoms with van der Waals surface area (Å²) in [5.74, 6) is 0.897. The van der Waals surface area contributed by atoms with E-state index in [0.29, 0.717) is 12.6 Å². The average Bonchev–Trinajstić information content (AvgIpc) is 2.50. The van der Waals surface area contributed by atoms with E-state index in [4.69, 9.17) is 4.74 Å². The van der Waals surface area contributed by atoms with Crippen molar-refractivity contribution in [1.82, 2.24) is 5.32 Å². The maximum atomic E-state index is 9.24. The molecule has 22 heavy (non-hydrogen) atoms. The van der Waals surface area contributed by atoms with Crippen LogP contribution in [0.3, 0.4) is 0 Å². The standard InChI is InChI=1S/C18H32N2O2/c1-6-15(5)19-13-16-8-9-17(20(7-2)10-11-21)18(12-16)22-14(3)4/h8-9,12,14-15,19,21H,6-7,10-11,13H2,1-5H3. The zero-order chi connectivity index (χ0) is 16.5. The minimum Gasteiger partial charge on any atom is -0.489 e. The predicted molar refractivity (Wildman–Crippen MR) is 93.8 cm³/mol. The highest BCUT2D eigenvalue weighted by Gasteiger charge is 2.13. The summed E-state index contributed by atoms with van der Waals surface area (Å²) in [5, 5.41) is 12.7. The number of aliphatic hydroxyl groups excluding tert-OH is 1. The SMILES string of the molecule is CCC(C)NCc1ccc(N(CC)CCO)c(OC(C)C)c1. The molecule has 0 aliphatic rings. The molecule has 0 spiro atoms. The molecule has 1 atom stereocenters. The van der Waals surface area contributed by atoms with E-state index in [1.165, 1.54) is 5.56 Å². The Morgan fingerprint density at radius 1 is 1.23 bits per heavy atom. The van der Waals surface area contributed by atoms with Crippen molar-refractivity contribution in [3.63, 3.8) is 0 Å². The highest BCUT2D eigenvalue weighted by atomic mass is 16.5. The van der Waals surface area contributed by atoms with Crippen LogP contribution in [0, 0.1) is 0 Å². The number of hydrogen-bond donors (Lipinski definition) is 2. The maximum absolute atomic E-state index is 9.24. The lowest BCUT2D eigenvalue weighted by atomic mass is 10.1. The Kier molecular flexibility index (Phi) is 8.28. The Bertz CT molecular complexity index is 435. The first-order valence-corrected chi connectivity index (χ1v) is 8.40. The van der Waals surface area contributed by atoms with Crippen LogP contribution in [-0.4, -0.2) is 36.9 Å². The summed E-state index contributed by atoms with van der Waals surface area (Å²) in [7, 11) is 0. The van der Waals surface area contributed by atoms with E-state index in [0.717, 1.165) is 30.9 Å². The number of nitrogens with one attached hydrogen (secondary N) is 1. The van der Waals surface area contributed by atoms with Crippen molar-refractivity contribution in [2.75, 3.05) is 24.6 Å². The number of likely N-dealkylation sites (N-methyl/N-ethyl adjacent to an activating group) is 1. The fourth-order valence-corrected chi connectivity index (χ4v) is 2.28. The van der Waals surface area contributed by atoms with E-state index in [9.17, 15) is 5.11 Å². The molecule has 0 aliphatic carbocycles. The van der Waals surface area contributed by atoms with Crippen LogP contribution in [0.4, 0.5) is 5.69 Å². The van der Waals surface area contributed by atoms with Gasteiger partial charge < -0.3 is 20.1 Å². The van der Waals surface area contributed by atoms with Crippen LogP contribution in [0.2, 0.25) is 0 Å². The van der Waals surface area contributed by atoms with Gasteiger partial charge in [-0.15, -0.1) is 0 Å². The highest BCUT2D eigenvalue weighted by molar-refractivity contribution is 5.60. The fraction of sp³-hybridized carbons (Fsp3) is 0.667. The number of hydrogen-bond acceptors (Lipinski definition) is 4. The van der Waals surface area contributed by atoms with Crippen molar-refractivity contribution in [3.05, 3.63) is 23.8 Å². The van der Waals surface area contributed by atoms with Gasteiger partial charge in [-0.2, -0.15) is 0 Å². The van der Waals surface area contributed by atoms with Gasteiger partial charge in [0.15, 0.2) is 0 Å². The number of anilines is 1. The third kappa shape index (κ3) is 5.85. The van der Waals surface area contributed by atoms with Crippen LogP contribution in [0.1, 0.15) is 46.6 Å². The van der Waals surface area contributed by atoms with Gasteiger partial charge in [-0.05, 0) is 51.8 Å². The van der Waals surface area contributed by atoms with Gasteiger partial charge in [0.25, 0.3) is 0 Å². The van der Waals surface area contributed by atoms with Crippen LogP contribution in [0.15, 0.2) is 18.2 Å². The Labute approximate surface area is 135 Å². The minimum atomic E-state index is 0.129. The van der Waals surface area contributed by atoms with Crippen LogP contribution in [0.25, 0.3) is 0 Å². The van der Waals surface area contributed by atoms with E-state index in [-0.39, 0.29) is 12.7 Å². The molecule has 0 fully saturated rings. The van der Waals surface area contributed by atoms with Gasteiger partial charge in [-0.1, -0.05) is 13.0 Å². The Hall–Kier alpha value is -1.26. The topological polar surface area (TPSA) is 44.7 Å². The zero-order valence-electron chi connectivity index (χ0n) is 14.7. The fourth-order valence-electron chi connectivity index (χ4n) is 2.28. The summed E-state index contributed by atoms with van der Waals surface area (Å²) in [4.78, 5) is 2.14. The van der Waals surface area contributed by atoms with Gasteiger partial charge in [0.2, 0.25) is 0 Å². The monoisotopic (exact) mass is 308 g/mol. The van der Waals surface area contributed by atoms with Crippen molar-refractivity contribution in [1.29, 1.82) is 0 Å². The normalized spacial score (nSPS) is 12.5. The molecule has 0 aromatic heterocycles. The molecule has 0 radical (unpaired) electrons. The number of benzene rings is 1. The van der Waals surface area contributed by atoms with Crippen molar-refractivity contribution in [2.24, 2.45) is 0 Å². The summed E-state index contributed by atoms with van der Waals surface area (Å²) in [6, 6.07) is 6.86. The summed E-state index contributed by atoms with van der Waals surface area (Å²) in [5.41, 5.74) is 2.28. The summed E-state index contributed by atoms with van der Waals surface area (Å²) >= 11 is 0. The van der Waals surface area contributed by atoms with Crippen LogP contribution in [-0.2, 0) is 6.54 Å². The molecule has 1 aromatic carbocycles. The van der Waals surface area contributed by atoms with Crippen LogP contribution in [0.5, 0.6) is 5.75 Å². The number of ether oxygens (including phenoxy) is 1. The molecule has 126 valence electrons. The average molecular weight is 308 g/mol. The number of aliphatic hydroxyl groups is 1. The molecular formula is C18H32N2O2. The molecule has 1 unspecified atom stereocenters. The molecule has 0 saturated carbocycles. The quantitative estimate of drug-likeness (QED) is 0.697. The number of nitrogens with zero attached hydrogens (tertiary/aromatic N) is 1. The zero-order valence-corrected chi connectivity index (χ0v) is 14.7. The Balaban J connectivity index is 2.96. The van der Waals surface area contributed by atoms with Gasteiger partial charge in [0.1, 0.15) is 5.75 Å². The summed E-state index contributed by atoms with van der Waals surface area (Å²) < 4.78 is 6.00. The molecule has 2 N–H and O–H groups in total. The molecule has 4 heteroatoms. The van der Waals surface area contributed by atoms with E-state index in [1.54, 1.807) is 0 Å². The Morgan fingerprint density at radius 2 is 1.95 bits per heavy atom. The molecule has 0 bridgehead atoms. The van der Waals surface area contributed by atoms with Gasteiger partial charge in [0, 0.05) is 25.7 Å². The van der Waals surface area contributed by atoms with E-state index in [1.807, 2.05) is 13.8 Å². The first-order chi connectivity index (χ1) is 10.5. The molecule has 0 heterocycles. The highest BCUT2D eigenvalue weighted by Crippen LogP contribution is 2.30. The van der Waals surface area contributed by atoms with Gasteiger partial charge >= 0.3 is 0 Å². The largest absolute Gasteiger partial charge is 0.489 e. The molecule has 0 aliphatic heterocycles. The van der Waals surface area contributed by atoms with Crippen LogP contribution < -0.4 is 15.0 Å². The second-order valence-electron chi connectivity index (χ2n) is 5.96. The molecule has 0 saturated heterocycles. The van der Waals surface area contributed by atoms with Crippen LogP contribution >= 0.6 is 0 Å². The van der Waals surface area contributed by atoms with E-state index >= 15 is 0 Å². The van der Waals surface area contributed by atoms with Crippen molar-refractivity contribution < 1.29 is 9.84 Å². The molecule has 0 amide bonds. The summed E-state index contributed by atoms with van der Waals surface area (Å²) in [6.45, 7) is 13.0. The lowest BCUT2D eigenvalue weighted by Crippen LogP contribution is -2.27. The predicted octanol–water partition coefficient (Wildman–Crippen LogP) is 3.18. The molecule has 4 nitrogen and oxygen atoms in total. The van der Waals surface area contributed by atoms with Crippen molar-refractivity contribution in [2.45, 2.75) is 59.7 Å². The van der Waals surface area contributed by atoms with E-state index in [2.05, 4.69) is 49.2 Å². The second-order valence-corrected chi connectivity index (χ2v) is 5.96. The first-order valence-electron chi connectivity index (χ1n) is 8.40. The third-order valence-corrected chi connectivity index (χ3v) is 3.75. The number of rotatable bonds is 10. The molecule has 1 rings (SSSR count). The third-order valence-electron chi connectivity index (χ3n) is 3.75. The molecular weight excluding hydrogens is 276 g/mol. The lowest BCUT2D eigenvalue weighted by Gasteiger charge is -2.26.